The van der Waals surface area contributed by atoms with Gasteiger partial charge in [0.1, 0.15) is 5.65 Å². The molecule has 264 valence electrons. The lowest BCUT2D eigenvalue weighted by Gasteiger charge is -2.15. The average molecular weight is 726 g/mol. The van der Waals surface area contributed by atoms with Crippen molar-refractivity contribution in [3.63, 3.8) is 0 Å². The van der Waals surface area contributed by atoms with Gasteiger partial charge in [0, 0.05) is 43.4 Å². The van der Waals surface area contributed by atoms with E-state index >= 15 is 0 Å². The average Bonchev–Trinajstić information content (AvgIpc) is 3.94. The van der Waals surface area contributed by atoms with Crippen LogP contribution < -0.4 is 0 Å². The molecule has 5 nitrogen and oxygen atoms in total. The number of rotatable bonds is 3. The molecule has 4 aromatic heterocycles. The van der Waals surface area contributed by atoms with Gasteiger partial charge in [-0.3, -0.25) is 8.97 Å². The third-order valence-corrected chi connectivity index (χ3v) is 12.0. The van der Waals surface area contributed by atoms with Gasteiger partial charge in [0.25, 0.3) is 0 Å². The summed E-state index contributed by atoms with van der Waals surface area (Å²) in [5.41, 5.74) is 12.0. The van der Waals surface area contributed by atoms with E-state index in [1.807, 2.05) is 0 Å². The Balaban J connectivity index is 1.15. The first-order chi connectivity index (χ1) is 28.3. The molecule has 0 aliphatic carbocycles. The fourth-order valence-corrected chi connectivity index (χ4v) is 9.54. The second-order valence-corrected chi connectivity index (χ2v) is 15.0. The number of benzene rings is 9. The number of nitrogens with zero attached hydrogens (tertiary/aromatic N) is 5. The number of hydrogen-bond donors (Lipinski definition) is 0. The van der Waals surface area contributed by atoms with Gasteiger partial charge >= 0.3 is 0 Å². The van der Waals surface area contributed by atoms with Gasteiger partial charge in [0.2, 0.25) is 5.95 Å². The molecule has 0 spiro atoms. The molecule has 0 unspecified atom stereocenters. The van der Waals surface area contributed by atoms with E-state index in [2.05, 4.69) is 202 Å². The Morgan fingerprint density at radius 2 is 0.965 bits per heavy atom. The van der Waals surface area contributed by atoms with Crippen LogP contribution >= 0.6 is 0 Å². The number of hydrogen-bond acceptors (Lipinski definition) is 2. The Labute approximate surface area is 325 Å². The Morgan fingerprint density at radius 3 is 1.82 bits per heavy atom. The zero-order chi connectivity index (χ0) is 37.2. The lowest BCUT2D eigenvalue weighted by molar-refractivity contribution is 0.982. The Kier molecular flexibility index (Phi) is 6.10. The van der Waals surface area contributed by atoms with Crippen molar-refractivity contribution in [3.8, 4) is 22.8 Å². The zero-order valence-corrected chi connectivity index (χ0v) is 30.6. The molecular formula is C52H31N5. The third-order valence-electron chi connectivity index (χ3n) is 12.0. The quantitative estimate of drug-likeness (QED) is 0.182. The monoisotopic (exact) mass is 725 g/mol. The van der Waals surface area contributed by atoms with Gasteiger partial charge in [-0.05, 0) is 76.5 Å². The van der Waals surface area contributed by atoms with E-state index in [0.717, 1.165) is 50.3 Å². The van der Waals surface area contributed by atoms with Crippen LogP contribution in [0.5, 0.6) is 0 Å². The van der Waals surface area contributed by atoms with Gasteiger partial charge in [-0.1, -0.05) is 133 Å². The van der Waals surface area contributed by atoms with Crippen molar-refractivity contribution >= 4 is 92.7 Å². The normalized spacial score (nSPS) is 12.2. The molecule has 0 amide bonds. The summed E-state index contributed by atoms with van der Waals surface area (Å²) in [6, 6.07) is 67.8. The summed E-state index contributed by atoms with van der Waals surface area (Å²) in [4.78, 5) is 10.6. The van der Waals surface area contributed by atoms with Crippen LogP contribution in [-0.4, -0.2) is 23.5 Å². The van der Waals surface area contributed by atoms with Crippen molar-refractivity contribution in [2.75, 3.05) is 0 Å². The lowest BCUT2D eigenvalue weighted by Crippen LogP contribution is -2.06. The molecular weight excluding hydrogens is 695 g/mol. The number of para-hydroxylation sites is 5. The second kappa shape index (κ2) is 11.4. The van der Waals surface area contributed by atoms with E-state index in [4.69, 9.17) is 9.97 Å². The van der Waals surface area contributed by atoms with Crippen LogP contribution in [0.1, 0.15) is 0 Å². The van der Waals surface area contributed by atoms with E-state index in [-0.39, 0.29) is 0 Å². The van der Waals surface area contributed by atoms with Gasteiger partial charge < -0.3 is 4.57 Å². The van der Waals surface area contributed by atoms with Gasteiger partial charge in [0.15, 0.2) is 0 Å². The molecule has 13 rings (SSSR count). The maximum Gasteiger partial charge on any atom is 0.221 e. The summed E-state index contributed by atoms with van der Waals surface area (Å²) in [5.74, 6) is 0.822. The molecule has 0 saturated carbocycles. The van der Waals surface area contributed by atoms with Crippen molar-refractivity contribution in [1.82, 2.24) is 23.5 Å². The van der Waals surface area contributed by atoms with E-state index in [1.165, 1.54) is 65.3 Å². The lowest BCUT2D eigenvalue weighted by atomic mass is 9.94. The van der Waals surface area contributed by atoms with Gasteiger partial charge in [-0.25, -0.2) is 9.97 Å². The standard InChI is InChI=1S/C52H31N5/c1-2-15-34(16-3-1)55-48-30-33(27-28-38(48)40-29-26-32-14-4-5-17-35(32)49(40)55)42-31-43-37-19-9-12-24-46(37)56(50(43)39-20-7-6-18-36(39)42)52-54-44-22-10-8-21-41(44)51-53-45-23-11-13-25-47(45)57(51)52/h1-31H. The topological polar surface area (TPSA) is 40.0 Å². The minimum Gasteiger partial charge on any atom is -0.309 e. The first-order valence-corrected chi connectivity index (χ1v) is 19.4. The molecule has 0 saturated heterocycles. The van der Waals surface area contributed by atoms with Gasteiger partial charge in [0.05, 0.1) is 38.6 Å². The maximum absolute atomic E-state index is 5.45. The van der Waals surface area contributed by atoms with Crippen molar-refractivity contribution < 1.29 is 0 Å². The molecule has 9 aromatic carbocycles. The first kappa shape index (κ1) is 30.6. The number of aromatic nitrogens is 5. The van der Waals surface area contributed by atoms with Gasteiger partial charge in [-0.2, -0.15) is 0 Å². The zero-order valence-electron chi connectivity index (χ0n) is 30.6. The predicted molar refractivity (Wildman–Crippen MR) is 237 cm³/mol. The minimum atomic E-state index is 0.822. The second-order valence-electron chi connectivity index (χ2n) is 15.0. The van der Waals surface area contributed by atoms with Crippen LogP contribution in [0.15, 0.2) is 188 Å². The van der Waals surface area contributed by atoms with Crippen molar-refractivity contribution in [1.29, 1.82) is 0 Å². The molecule has 0 aliphatic rings. The van der Waals surface area contributed by atoms with Crippen LogP contribution in [-0.2, 0) is 0 Å². The first-order valence-electron chi connectivity index (χ1n) is 19.4. The summed E-state index contributed by atoms with van der Waals surface area (Å²) < 4.78 is 7.06. The summed E-state index contributed by atoms with van der Waals surface area (Å²) in [6.45, 7) is 0. The van der Waals surface area contributed by atoms with Crippen molar-refractivity contribution in [2.45, 2.75) is 0 Å². The van der Waals surface area contributed by atoms with Crippen LogP contribution in [0.2, 0.25) is 0 Å². The van der Waals surface area contributed by atoms with Crippen molar-refractivity contribution in [2.24, 2.45) is 0 Å². The molecule has 0 N–H and O–H groups in total. The van der Waals surface area contributed by atoms with Crippen LogP contribution in [0.4, 0.5) is 0 Å². The van der Waals surface area contributed by atoms with Crippen molar-refractivity contribution in [3.05, 3.63) is 188 Å². The molecule has 57 heavy (non-hydrogen) atoms. The number of fused-ring (bicyclic) bond motifs is 15. The Hall–Kier alpha value is -7.76. The minimum absolute atomic E-state index is 0.822. The molecule has 13 aromatic rings. The molecule has 4 heterocycles. The molecule has 5 heteroatoms. The highest BCUT2D eigenvalue weighted by Crippen LogP contribution is 2.44. The highest BCUT2D eigenvalue weighted by molar-refractivity contribution is 6.23. The molecule has 0 atom stereocenters. The number of imidazole rings is 1. The van der Waals surface area contributed by atoms with E-state index in [0.29, 0.717) is 0 Å². The maximum atomic E-state index is 5.45. The molecule has 0 radical (unpaired) electrons. The fourth-order valence-electron chi connectivity index (χ4n) is 9.54. The largest absolute Gasteiger partial charge is 0.309 e. The summed E-state index contributed by atoms with van der Waals surface area (Å²) in [7, 11) is 0. The highest BCUT2D eigenvalue weighted by atomic mass is 15.2. The molecule has 0 aliphatic heterocycles. The Bertz CT molecular complexity index is 3810. The van der Waals surface area contributed by atoms with E-state index in [9.17, 15) is 0 Å². The third kappa shape index (κ3) is 4.17. The van der Waals surface area contributed by atoms with E-state index in [1.54, 1.807) is 0 Å². The summed E-state index contributed by atoms with van der Waals surface area (Å²) >= 11 is 0. The fraction of sp³-hybridized carbons (Fsp3) is 0. The van der Waals surface area contributed by atoms with Crippen LogP contribution in [0.25, 0.3) is 116 Å². The SMILES string of the molecule is c1ccc(-n2c3cc(-c4cc5c6ccccc6n(-c6nc7ccccc7c7nc8ccccc8n67)c5c5ccccc45)ccc3c3ccc4ccccc4c32)cc1. The summed E-state index contributed by atoms with van der Waals surface area (Å²) in [5, 5.41) is 10.7. The van der Waals surface area contributed by atoms with E-state index < -0.39 is 0 Å². The molecule has 0 fully saturated rings. The summed E-state index contributed by atoms with van der Waals surface area (Å²) in [6.07, 6.45) is 0. The van der Waals surface area contributed by atoms with Crippen LogP contribution in [0, 0.1) is 0 Å². The van der Waals surface area contributed by atoms with Gasteiger partial charge in [-0.15, -0.1) is 0 Å². The smallest absolute Gasteiger partial charge is 0.221 e. The Morgan fingerprint density at radius 1 is 0.351 bits per heavy atom. The highest BCUT2D eigenvalue weighted by Gasteiger charge is 2.23. The van der Waals surface area contributed by atoms with Crippen LogP contribution in [0.3, 0.4) is 0 Å². The predicted octanol–water partition coefficient (Wildman–Crippen LogP) is 13.2. The molecule has 0 bridgehead atoms.